The predicted molar refractivity (Wildman–Crippen MR) is 105 cm³/mol. The monoisotopic (exact) mass is 382 g/mol. The highest BCUT2D eigenvalue weighted by Gasteiger charge is 2.40. The number of likely N-dealkylation sites (tertiary alicyclic amines) is 1. The summed E-state index contributed by atoms with van der Waals surface area (Å²) in [6, 6.07) is 18.2. The Balaban J connectivity index is 1.96. The van der Waals surface area contributed by atoms with Gasteiger partial charge in [-0.15, -0.1) is 0 Å². The van der Waals surface area contributed by atoms with E-state index in [1.165, 1.54) is 7.11 Å². The van der Waals surface area contributed by atoms with Crippen LogP contribution in [0.3, 0.4) is 0 Å². The molecule has 2 atom stereocenters. The van der Waals surface area contributed by atoms with Crippen molar-refractivity contribution in [1.29, 1.82) is 0 Å². The van der Waals surface area contributed by atoms with Gasteiger partial charge in [0.25, 0.3) is 0 Å². The molecule has 1 N–H and O–H groups in total. The van der Waals surface area contributed by atoms with E-state index in [-0.39, 0.29) is 11.9 Å². The zero-order valence-corrected chi connectivity index (χ0v) is 16.2. The van der Waals surface area contributed by atoms with Gasteiger partial charge in [-0.1, -0.05) is 60.7 Å². The second-order valence-corrected chi connectivity index (χ2v) is 7.08. The van der Waals surface area contributed by atoms with Crippen LogP contribution in [0.15, 0.2) is 60.7 Å². The van der Waals surface area contributed by atoms with Crippen LogP contribution in [0.1, 0.15) is 29.9 Å². The number of piperidine rings is 1. The summed E-state index contributed by atoms with van der Waals surface area (Å²) in [6.07, 6.45) is 0.921. The molecule has 0 saturated carbocycles. The Morgan fingerprint density at radius 1 is 1.07 bits per heavy atom. The average molecular weight is 382 g/mol. The fourth-order valence-corrected chi connectivity index (χ4v) is 3.84. The van der Waals surface area contributed by atoms with Crippen LogP contribution in [-0.4, -0.2) is 59.8 Å². The van der Waals surface area contributed by atoms with Gasteiger partial charge >= 0.3 is 5.97 Å². The van der Waals surface area contributed by atoms with E-state index in [0.29, 0.717) is 19.4 Å². The predicted octanol–water partition coefficient (Wildman–Crippen LogP) is 2.67. The molecule has 0 radical (unpaired) electrons. The van der Waals surface area contributed by atoms with Gasteiger partial charge in [0.1, 0.15) is 6.04 Å². The third-order valence-electron chi connectivity index (χ3n) is 5.37. The number of methoxy groups -OCH3 is 1. The van der Waals surface area contributed by atoms with Crippen molar-refractivity contribution in [2.24, 2.45) is 0 Å². The first-order valence-electron chi connectivity index (χ1n) is 9.42. The molecule has 0 spiro atoms. The minimum Gasteiger partial charge on any atom is -0.467 e. The summed E-state index contributed by atoms with van der Waals surface area (Å²) in [7, 11) is 2.89. The van der Waals surface area contributed by atoms with Gasteiger partial charge in [-0.25, -0.2) is 4.79 Å². The molecule has 1 saturated heterocycles. The molecule has 148 valence electrons. The lowest BCUT2D eigenvalue weighted by atomic mass is 9.87. The second-order valence-electron chi connectivity index (χ2n) is 7.08. The lowest BCUT2D eigenvalue weighted by Gasteiger charge is -2.40. The smallest absolute Gasteiger partial charge is 0.328 e. The highest BCUT2D eigenvalue weighted by molar-refractivity contribution is 5.91. The Hall–Kier alpha value is -2.70. The van der Waals surface area contributed by atoms with Crippen molar-refractivity contribution in [2.75, 3.05) is 20.7 Å². The van der Waals surface area contributed by atoms with E-state index in [4.69, 9.17) is 4.74 Å². The minimum atomic E-state index is -0.722. The molecule has 0 aliphatic carbocycles. The van der Waals surface area contributed by atoms with Crippen LogP contribution >= 0.6 is 0 Å². The van der Waals surface area contributed by atoms with Crippen LogP contribution in [0.2, 0.25) is 0 Å². The van der Waals surface area contributed by atoms with Crippen LogP contribution in [0, 0.1) is 0 Å². The molecule has 6 nitrogen and oxygen atoms in total. The zero-order chi connectivity index (χ0) is 20.1. The normalized spacial score (nSPS) is 19.7. The lowest BCUT2D eigenvalue weighted by molar-refractivity contribution is -0.163. The maximum absolute atomic E-state index is 13.6. The number of amides is 1. The third-order valence-corrected chi connectivity index (χ3v) is 5.37. The molecule has 0 bridgehead atoms. The molecule has 1 aliphatic heterocycles. The van der Waals surface area contributed by atoms with Gasteiger partial charge < -0.3 is 14.8 Å². The van der Waals surface area contributed by atoms with Crippen molar-refractivity contribution < 1.29 is 19.5 Å². The van der Waals surface area contributed by atoms with E-state index in [9.17, 15) is 14.8 Å². The van der Waals surface area contributed by atoms with E-state index < -0.39 is 17.9 Å². The quantitative estimate of drug-likeness (QED) is 0.636. The molecule has 28 heavy (non-hydrogen) atoms. The Kier molecular flexibility index (Phi) is 6.44. The Morgan fingerprint density at radius 2 is 1.61 bits per heavy atom. The summed E-state index contributed by atoms with van der Waals surface area (Å²) in [4.78, 5) is 27.7. The van der Waals surface area contributed by atoms with Crippen molar-refractivity contribution in [1.82, 2.24) is 9.96 Å². The summed E-state index contributed by atoms with van der Waals surface area (Å²) >= 11 is 0. The lowest BCUT2D eigenvalue weighted by Crippen LogP contribution is -2.55. The number of nitrogens with zero attached hydrogens (tertiary/aromatic N) is 2. The fourth-order valence-electron chi connectivity index (χ4n) is 3.84. The summed E-state index contributed by atoms with van der Waals surface area (Å²) < 4.78 is 4.96. The maximum atomic E-state index is 13.6. The van der Waals surface area contributed by atoms with Gasteiger partial charge in [0, 0.05) is 19.6 Å². The van der Waals surface area contributed by atoms with Crippen molar-refractivity contribution >= 4 is 11.9 Å². The number of hydrogen-bond donors (Lipinski definition) is 1. The molecule has 0 aromatic heterocycles. The number of carbonyl (C=O) groups is 2. The molecule has 3 rings (SSSR count). The average Bonchev–Trinajstić information content (AvgIpc) is 2.74. The van der Waals surface area contributed by atoms with Crippen molar-refractivity contribution in [3.05, 3.63) is 71.8 Å². The fraction of sp³-hybridized carbons (Fsp3) is 0.364. The SMILES string of the molecule is COC(=O)C1CC(N(C)O)CCN1C(=O)C(c1ccccc1)c1ccccc1. The number of carbonyl (C=O) groups excluding carboxylic acids is 2. The van der Waals surface area contributed by atoms with E-state index in [1.54, 1.807) is 11.9 Å². The van der Waals surface area contributed by atoms with Crippen LogP contribution in [-0.2, 0) is 14.3 Å². The number of hydroxylamine groups is 2. The Morgan fingerprint density at radius 3 is 2.07 bits per heavy atom. The maximum Gasteiger partial charge on any atom is 0.328 e. The Bertz CT molecular complexity index is 755. The van der Waals surface area contributed by atoms with Crippen LogP contribution in [0.25, 0.3) is 0 Å². The number of ether oxygens (including phenoxy) is 1. The summed E-state index contributed by atoms with van der Waals surface area (Å²) in [5, 5.41) is 10.9. The van der Waals surface area contributed by atoms with Crippen molar-refractivity contribution in [3.63, 3.8) is 0 Å². The van der Waals surface area contributed by atoms with Gasteiger partial charge in [0.05, 0.1) is 13.0 Å². The topological polar surface area (TPSA) is 70.1 Å². The van der Waals surface area contributed by atoms with Gasteiger partial charge in [0.15, 0.2) is 0 Å². The first-order chi connectivity index (χ1) is 13.5. The molecule has 2 aromatic rings. The first kappa shape index (κ1) is 20.0. The largest absolute Gasteiger partial charge is 0.467 e. The molecular formula is C22H26N2O4. The molecule has 2 unspecified atom stereocenters. The van der Waals surface area contributed by atoms with Gasteiger partial charge in [-0.3, -0.25) is 4.79 Å². The van der Waals surface area contributed by atoms with E-state index in [2.05, 4.69) is 0 Å². The van der Waals surface area contributed by atoms with Crippen molar-refractivity contribution in [2.45, 2.75) is 30.8 Å². The highest BCUT2D eigenvalue weighted by Crippen LogP contribution is 2.31. The molecule has 1 amide bonds. The van der Waals surface area contributed by atoms with E-state index in [1.807, 2.05) is 60.7 Å². The third kappa shape index (κ3) is 4.24. The molecule has 1 heterocycles. The number of hydrogen-bond acceptors (Lipinski definition) is 5. The van der Waals surface area contributed by atoms with Gasteiger partial charge in [-0.2, -0.15) is 5.06 Å². The number of rotatable bonds is 5. The standard InChI is InChI=1S/C22H26N2O4/c1-23(27)18-13-14-24(19(15-18)22(26)28-2)21(25)20(16-9-5-3-6-10-16)17-11-7-4-8-12-17/h3-12,18-20,27H,13-15H2,1-2H3. The summed E-state index contributed by atoms with van der Waals surface area (Å²) in [5.74, 6) is -1.09. The van der Waals surface area contributed by atoms with Crippen LogP contribution in [0.5, 0.6) is 0 Å². The molecule has 6 heteroatoms. The minimum absolute atomic E-state index is 0.133. The summed E-state index contributed by atoms with van der Waals surface area (Å²) in [5.41, 5.74) is 1.76. The summed E-state index contributed by atoms with van der Waals surface area (Å²) in [6.45, 7) is 0.379. The van der Waals surface area contributed by atoms with E-state index >= 15 is 0 Å². The second kappa shape index (κ2) is 8.99. The molecule has 1 fully saturated rings. The zero-order valence-electron chi connectivity index (χ0n) is 16.2. The van der Waals surface area contributed by atoms with Gasteiger partial charge in [-0.05, 0) is 24.0 Å². The molecular weight excluding hydrogens is 356 g/mol. The first-order valence-corrected chi connectivity index (χ1v) is 9.42. The number of benzene rings is 2. The van der Waals surface area contributed by atoms with E-state index in [0.717, 1.165) is 16.2 Å². The molecule has 1 aliphatic rings. The highest BCUT2D eigenvalue weighted by atomic mass is 16.5. The van der Waals surface area contributed by atoms with Gasteiger partial charge in [0.2, 0.25) is 5.91 Å². The van der Waals surface area contributed by atoms with Crippen molar-refractivity contribution in [3.8, 4) is 0 Å². The number of esters is 1. The van der Waals surface area contributed by atoms with Crippen LogP contribution < -0.4 is 0 Å². The molecule has 2 aromatic carbocycles. The Labute approximate surface area is 165 Å². The van der Waals surface area contributed by atoms with Crippen LogP contribution in [0.4, 0.5) is 0 Å².